The van der Waals surface area contributed by atoms with Gasteiger partial charge in [0.25, 0.3) is 0 Å². The van der Waals surface area contributed by atoms with Crippen LogP contribution in [0.4, 0.5) is 0 Å². The average Bonchev–Trinajstić information content (AvgIpc) is 2.98. The van der Waals surface area contributed by atoms with Gasteiger partial charge in [-0.25, -0.2) is 0 Å². The molecule has 0 spiro atoms. The Labute approximate surface area is 122 Å². The fourth-order valence-corrected chi connectivity index (χ4v) is 3.27. The summed E-state index contributed by atoms with van der Waals surface area (Å²) < 4.78 is 7.24. The number of thiophene rings is 1. The highest BCUT2D eigenvalue weighted by Crippen LogP contribution is 2.36. The molecule has 0 radical (unpaired) electrons. The summed E-state index contributed by atoms with van der Waals surface area (Å²) in [6, 6.07) is 1.93. The van der Waals surface area contributed by atoms with E-state index in [0.717, 1.165) is 34.3 Å². The second-order valence-electron chi connectivity index (χ2n) is 4.24. The molecular formula is C13H18ClN3OS. The number of methoxy groups -OCH3 is 1. The van der Waals surface area contributed by atoms with Crippen molar-refractivity contribution in [2.24, 2.45) is 7.05 Å². The first-order chi connectivity index (χ1) is 9.19. The SMILES string of the molecule is CCCNC(c1sccc1Cl)c1c(OC)cnn1C. The van der Waals surface area contributed by atoms with Crippen LogP contribution in [0.5, 0.6) is 5.75 Å². The minimum absolute atomic E-state index is 0.00917. The maximum absolute atomic E-state index is 6.28. The molecule has 6 heteroatoms. The Morgan fingerprint density at radius 1 is 1.58 bits per heavy atom. The molecule has 104 valence electrons. The summed E-state index contributed by atoms with van der Waals surface area (Å²) in [5.74, 6) is 0.778. The van der Waals surface area contributed by atoms with Crippen molar-refractivity contribution in [3.8, 4) is 5.75 Å². The number of aryl methyl sites for hydroxylation is 1. The number of hydrogen-bond donors (Lipinski definition) is 1. The molecule has 2 heterocycles. The van der Waals surface area contributed by atoms with Gasteiger partial charge in [-0.15, -0.1) is 11.3 Å². The van der Waals surface area contributed by atoms with Crippen molar-refractivity contribution in [3.05, 3.63) is 33.2 Å². The number of ether oxygens (including phenoxy) is 1. The molecule has 0 aliphatic rings. The van der Waals surface area contributed by atoms with Crippen molar-refractivity contribution in [1.29, 1.82) is 0 Å². The van der Waals surface area contributed by atoms with Crippen molar-refractivity contribution < 1.29 is 4.74 Å². The summed E-state index contributed by atoms with van der Waals surface area (Å²) in [5.41, 5.74) is 1.00. The minimum Gasteiger partial charge on any atom is -0.493 e. The van der Waals surface area contributed by atoms with E-state index in [-0.39, 0.29) is 6.04 Å². The smallest absolute Gasteiger partial charge is 0.161 e. The Bertz CT molecular complexity index is 538. The van der Waals surface area contributed by atoms with Gasteiger partial charge in [-0.1, -0.05) is 18.5 Å². The summed E-state index contributed by atoms with van der Waals surface area (Å²) in [5, 5.41) is 10.6. The van der Waals surface area contributed by atoms with E-state index in [0.29, 0.717) is 0 Å². The quantitative estimate of drug-likeness (QED) is 0.890. The molecule has 19 heavy (non-hydrogen) atoms. The van der Waals surface area contributed by atoms with Gasteiger partial charge in [0.05, 0.1) is 24.4 Å². The monoisotopic (exact) mass is 299 g/mol. The van der Waals surface area contributed by atoms with Crippen LogP contribution < -0.4 is 10.1 Å². The molecule has 0 saturated heterocycles. The third-order valence-corrected chi connectivity index (χ3v) is 4.37. The van der Waals surface area contributed by atoms with Gasteiger partial charge in [0.2, 0.25) is 0 Å². The zero-order chi connectivity index (χ0) is 13.8. The van der Waals surface area contributed by atoms with Crippen LogP contribution >= 0.6 is 22.9 Å². The van der Waals surface area contributed by atoms with Gasteiger partial charge in [-0.2, -0.15) is 5.10 Å². The van der Waals surface area contributed by atoms with Gasteiger partial charge < -0.3 is 10.1 Å². The Hall–Kier alpha value is -1.04. The topological polar surface area (TPSA) is 39.1 Å². The van der Waals surface area contributed by atoms with Gasteiger partial charge in [0.1, 0.15) is 5.69 Å². The van der Waals surface area contributed by atoms with E-state index in [2.05, 4.69) is 17.3 Å². The van der Waals surface area contributed by atoms with Crippen LogP contribution in [-0.2, 0) is 7.05 Å². The lowest BCUT2D eigenvalue weighted by Gasteiger charge is -2.19. The Morgan fingerprint density at radius 3 is 2.95 bits per heavy atom. The van der Waals surface area contributed by atoms with Crippen LogP contribution in [0.3, 0.4) is 0 Å². The summed E-state index contributed by atoms with van der Waals surface area (Å²) in [4.78, 5) is 1.09. The zero-order valence-corrected chi connectivity index (χ0v) is 12.9. The molecule has 1 atom stereocenters. The van der Waals surface area contributed by atoms with Crippen LogP contribution in [0.15, 0.2) is 17.6 Å². The van der Waals surface area contributed by atoms with Gasteiger partial charge in [-0.05, 0) is 24.4 Å². The normalized spacial score (nSPS) is 12.6. The van der Waals surface area contributed by atoms with Crippen molar-refractivity contribution in [2.45, 2.75) is 19.4 Å². The van der Waals surface area contributed by atoms with Gasteiger partial charge in [-0.3, -0.25) is 4.68 Å². The molecule has 2 aromatic rings. The van der Waals surface area contributed by atoms with E-state index in [1.807, 2.05) is 23.2 Å². The summed E-state index contributed by atoms with van der Waals surface area (Å²) in [6.45, 7) is 3.05. The highest BCUT2D eigenvalue weighted by molar-refractivity contribution is 7.10. The van der Waals surface area contributed by atoms with Gasteiger partial charge in [0, 0.05) is 11.9 Å². The number of aromatic nitrogens is 2. The van der Waals surface area contributed by atoms with E-state index >= 15 is 0 Å². The molecule has 0 aliphatic heterocycles. The molecule has 4 nitrogen and oxygen atoms in total. The zero-order valence-electron chi connectivity index (χ0n) is 11.3. The molecule has 2 rings (SSSR count). The fourth-order valence-electron chi connectivity index (χ4n) is 2.03. The Morgan fingerprint density at radius 2 is 2.37 bits per heavy atom. The molecule has 1 unspecified atom stereocenters. The maximum atomic E-state index is 6.28. The molecule has 1 N–H and O–H groups in total. The lowest BCUT2D eigenvalue weighted by atomic mass is 10.1. The van der Waals surface area contributed by atoms with Crippen LogP contribution in [0, 0.1) is 0 Å². The molecule has 0 aliphatic carbocycles. The molecule has 0 bridgehead atoms. The number of hydrogen-bond acceptors (Lipinski definition) is 4. The standard InChI is InChI=1S/C13H18ClN3OS/c1-4-6-15-11(13-9(14)5-7-19-13)12-10(18-3)8-16-17(12)2/h5,7-8,11,15H,4,6H2,1-3H3. The third kappa shape index (κ3) is 2.94. The number of nitrogens with zero attached hydrogens (tertiary/aromatic N) is 2. The lowest BCUT2D eigenvalue weighted by molar-refractivity contribution is 0.401. The van der Waals surface area contributed by atoms with E-state index in [9.17, 15) is 0 Å². The first-order valence-corrected chi connectivity index (χ1v) is 7.47. The van der Waals surface area contributed by atoms with E-state index in [4.69, 9.17) is 16.3 Å². The second kappa shape index (κ2) is 6.41. The van der Waals surface area contributed by atoms with Crippen LogP contribution in [0.1, 0.15) is 30.0 Å². The molecule has 2 aromatic heterocycles. The molecule has 0 fully saturated rings. The molecular weight excluding hydrogens is 282 g/mol. The molecule has 0 aromatic carbocycles. The minimum atomic E-state index is 0.00917. The van der Waals surface area contributed by atoms with Crippen molar-refractivity contribution >= 4 is 22.9 Å². The number of nitrogens with one attached hydrogen (secondary N) is 1. The maximum Gasteiger partial charge on any atom is 0.161 e. The predicted octanol–water partition coefficient (Wildman–Crippen LogP) is 3.23. The van der Waals surface area contributed by atoms with Gasteiger partial charge in [0.15, 0.2) is 5.75 Å². The summed E-state index contributed by atoms with van der Waals surface area (Å²) >= 11 is 7.92. The largest absolute Gasteiger partial charge is 0.493 e. The van der Waals surface area contributed by atoms with E-state index in [1.54, 1.807) is 24.6 Å². The number of rotatable bonds is 6. The van der Waals surface area contributed by atoms with Gasteiger partial charge >= 0.3 is 0 Å². The van der Waals surface area contributed by atoms with Crippen molar-refractivity contribution in [1.82, 2.24) is 15.1 Å². The molecule has 0 amide bonds. The van der Waals surface area contributed by atoms with Crippen molar-refractivity contribution in [2.75, 3.05) is 13.7 Å². The lowest BCUT2D eigenvalue weighted by Crippen LogP contribution is -2.25. The van der Waals surface area contributed by atoms with Crippen molar-refractivity contribution in [3.63, 3.8) is 0 Å². The van der Waals surface area contributed by atoms with E-state index < -0.39 is 0 Å². The van der Waals surface area contributed by atoms with Crippen LogP contribution in [-0.4, -0.2) is 23.4 Å². The second-order valence-corrected chi connectivity index (χ2v) is 5.60. The summed E-state index contributed by atoms with van der Waals surface area (Å²) in [6.07, 6.45) is 2.79. The Kier molecular flexibility index (Phi) is 4.85. The first kappa shape index (κ1) is 14.4. The first-order valence-electron chi connectivity index (χ1n) is 6.21. The predicted molar refractivity (Wildman–Crippen MR) is 79.2 cm³/mol. The third-order valence-electron chi connectivity index (χ3n) is 2.95. The van der Waals surface area contributed by atoms with Crippen LogP contribution in [0.2, 0.25) is 5.02 Å². The number of halogens is 1. The highest BCUT2D eigenvalue weighted by Gasteiger charge is 2.24. The Balaban J connectivity index is 2.42. The van der Waals surface area contributed by atoms with Crippen LogP contribution in [0.25, 0.3) is 0 Å². The highest BCUT2D eigenvalue weighted by atomic mass is 35.5. The summed E-state index contributed by atoms with van der Waals surface area (Å²) in [7, 11) is 3.58. The fraction of sp³-hybridized carbons (Fsp3) is 0.462. The molecule has 0 saturated carbocycles. The van der Waals surface area contributed by atoms with E-state index in [1.165, 1.54) is 0 Å². The average molecular weight is 300 g/mol.